The number of carbonyl (C=O) groups is 1. The van der Waals surface area contributed by atoms with Gasteiger partial charge in [-0.15, -0.1) is 0 Å². The molecule has 0 radical (unpaired) electrons. The second-order valence-electron chi connectivity index (χ2n) is 6.11. The summed E-state index contributed by atoms with van der Waals surface area (Å²) in [6, 6.07) is 7.39. The highest BCUT2D eigenvalue weighted by Crippen LogP contribution is 2.36. The molecule has 0 saturated carbocycles. The van der Waals surface area contributed by atoms with Crippen molar-refractivity contribution in [3.63, 3.8) is 0 Å². The molecule has 1 heterocycles. The Morgan fingerprint density at radius 2 is 2.00 bits per heavy atom. The third kappa shape index (κ3) is 4.50. The number of ether oxygens (including phenoxy) is 1. The summed E-state index contributed by atoms with van der Waals surface area (Å²) >= 11 is 0. The van der Waals surface area contributed by atoms with Gasteiger partial charge in [0.2, 0.25) is 0 Å². The number of aromatic nitrogens is 2. The number of hydrogen-bond acceptors (Lipinski definition) is 4. The maximum Gasteiger partial charge on any atom is 0.435 e. The quantitative estimate of drug-likeness (QED) is 0.882. The summed E-state index contributed by atoms with van der Waals surface area (Å²) in [5, 5.41) is 14.7. The molecule has 0 unspecified atom stereocenters. The van der Waals surface area contributed by atoms with Gasteiger partial charge in [0.05, 0.1) is 29.2 Å². The molecular weight excluding hydrogens is 337 g/mol. The van der Waals surface area contributed by atoms with Crippen molar-refractivity contribution in [2.45, 2.75) is 32.5 Å². The SMILES string of the molecule is CC(C)(C)OC(=O)Nc1cnn(-c2cccc(C#N)c2)c1C(F)(F)F. The summed E-state index contributed by atoms with van der Waals surface area (Å²) in [4.78, 5) is 11.8. The molecule has 0 aliphatic carbocycles. The number of anilines is 1. The van der Waals surface area contributed by atoms with Gasteiger partial charge in [0.15, 0.2) is 5.69 Å². The molecule has 6 nitrogen and oxygen atoms in total. The molecule has 2 aromatic rings. The van der Waals surface area contributed by atoms with E-state index in [4.69, 9.17) is 10.00 Å². The molecule has 9 heteroatoms. The molecular formula is C16H15F3N4O2. The first-order valence-corrected chi connectivity index (χ1v) is 7.17. The van der Waals surface area contributed by atoms with E-state index in [1.54, 1.807) is 20.8 Å². The predicted octanol–water partition coefficient (Wildman–Crippen LogP) is 4.11. The van der Waals surface area contributed by atoms with Crippen molar-refractivity contribution in [1.82, 2.24) is 9.78 Å². The number of rotatable bonds is 2. The van der Waals surface area contributed by atoms with Gasteiger partial charge in [-0.05, 0) is 39.0 Å². The molecule has 0 bridgehead atoms. The van der Waals surface area contributed by atoms with Gasteiger partial charge in [-0.3, -0.25) is 5.32 Å². The van der Waals surface area contributed by atoms with Crippen molar-refractivity contribution in [3.05, 3.63) is 41.7 Å². The average molecular weight is 352 g/mol. The molecule has 1 aromatic carbocycles. The second-order valence-corrected chi connectivity index (χ2v) is 6.11. The third-order valence-corrected chi connectivity index (χ3v) is 2.89. The van der Waals surface area contributed by atoms with Crippen LogP contribution in [0.5, 0.6) is 0 Å². The Morgan fingerprint density at radius 3 is 2.56 bits per heavy atom. The van der Waals surface area contributed by atoms with Gasteiger partial charge < -0.3 is 4.74 Å². The Kier molecular flexibility index (Phi) is 4.74. The van der Waals surface area contributed by atoms with Gasteiger partial charge in [-0.2, -0.15) is 23.5 Å². The van der Waals surface area contributed by atoms with Gasteiger partial charge in [0.25, 0.3) is 0 Å². The van der Waals surface area contributed by atoms with E-state index in [1.807, 2.05) is 6.07 Å². The van der Waals surface area contributed by atoms with Crippen molar-refractivity contribution in [1.29, 1.82) is 5.26 Å². The lowest BCUT2D eigenvalue weighted by Crippen LogP contribution is -2.28. The maximum absolute atomic E-state index is 13.5. The number of benzene rings is 1. The maximum atomic E-state index is 13.5. The van der Waals surface area contributed by atoms with E-state index < -0.39 is 29.3 Å². The van der Waals surface area contributed by atoms with Crippen molar-refractivity contribution in [2.24, 2.45) is 0 Å². The zero-order valence-corrected chi connectivity index (χ0v) is 13.7. The van der Waals surface area contributed by atoms with Crippen molar-refractivity contribution >= 4 is 11.8 Å². The highest BCUT2D eigenvalue weighted by atomic mass is 19.4. The summed E-state index contributed by atoms with van der Waals surface area (Å²) in [6.07, 6.45) is -4.93. The van der Waals surface area contributed by atoms with Gasteiger partial charge in [-0.25, -0.2) is 9.48 Å². The standard InChI is InChI=1S/C16H15F3N4O2/c1-15(2,3)25-14(24)22-12-9-21-23(13(12)16(17,18)19)11-6-4-5-10(7-11)8-20/h4-7,9H,1-3H3,(H,22,24). The summed E-state index contributed by atoms with van der Waals surface area (Å²) < 4.78 is 46.0. The predicted molar refractivity (Wildman–Crippen MR) is 83.1 cm³/mol. The van der Waals surface area contributed by atoms with Gasteiger partial charge in [0.1, 0.15) is 5.60 Å². The van der Waals surface area contributed by atoms with E-state index in [9.17, 15) is 18.0 Å². The second kappa shape index (κ2) is 6.47. The van der Waals surface area contributed by atoms with E-state index >= 15 is 0 Å². The van der Waals surface area contributed by atoms with Crippen LogP contribution in [-0.2, 0) is 10.9 Å². The van der Waals surface area contributed by atoms with Crippen LogP contribution < -0.4 is 5.32 Å². The zero-order chi connectivity index (χ0) is 18.8. The minimum absolute atomic E-state index is 0.0450. The molecule has 2 rings (SSSR count). The minimum Gasteiger partial charge on any atom is -0.444 e. The molecule has 0 spiro atoms. The first-order valence-electron chi connectivity index (χ1n) is 7.17. The number of nitrogens with one attached hydrogen (secondary N) is 1. The topological polar surface area (TPSA) is 79.9 Å². The van der Waals surface area contributed by atoms with Crippen LogP contribution in [0.1, 0.15) is 32.0 Å². The molecule has 0 fully saturated rings. The number of nitriles is 1. The van der Waals surface area contributed by atoms with Crippen LogP contribution in [0.2, 0.25) is 0 Å². The van der Waals surface area contributed by atoms with Crippen molar-refractivity contribution in [3.8, 4) is 11.8 Å². The van der Waals surface area contributed by atoms with Crippen LogP contribution in [0.3, 0.4) is 0 Å². The normalized spacial score (nSPS) is 11.7. The minimum atomic E-state index is -4.79. The summed E-state index contributed by atoms with van der Waals surface area (Å²) in [5.74, 6) is 0. The monoisotopic (exact) mass is 352 g/mol. The largest absolute Gasteiger partial charge is 0.444 e. The molecule has 0 saturated heterocycles. The Hall–Kier alpha value is -3.02. The van der Waals surface area contributed by atoms with Crippen molar-refractivity contribution < 1.29 is 22.7 Å². The Labute approximate surface area is 141 Å². The number of amides is 1. The molecule has 0 atom stereocenters. The molecule has 0 aliphatic rings. The third-order valence-electron chi connectivity index (χ3n) is 2.89. The van der Waals surface area contributed by atoms with E-state index in [0.717, 1.165) is 6.20 Å². The van der Waals surface area contributed by atoms with Crippen LogP contribution in [-0.4, -0.2) is 21.5 Å². The summed E-state index contributed by atoms with van der Waals surface area (Å²) in [7, 11) is 0. The lowest BCUT2D eigenvalue weighted by molar-refractivity contribution is -0.142. The Morgan fingerprint density at radius 1 is 1.32 bits per heavy atom. The molecule has 1 aromatic heterocycles. The summed E-state index contributed by atoms with van der Waals surface area (Å²) in [5.41, 5.74) is -2.34. The number of carbonyl (C=O) groups excluding carboxylic acids is 1. The number of nitrogens with zero attached hydrogens (tertiary/aromatic N) is 3. The van der Waals surface area contributed by atoms with Crippen LogP contribution >= 0.6 is 0 Å². The smallest absolute Gasteiger partial charge is 0.435 e. The van der Waals surface area contributed by atoms with E-state index in [-0.39, 0.29) is 11.3 Å². The number of halogens is 3. The molecule has 132 valence electrons. The fourth-order valence-corrected chi connectivity index (χ4v) is 2.03. The van der Waals surface area contributed by atoms with Crippen LogP contribution in [0, 0.1) is 11.3 Å². The lowest BCUT2D eigenvalue weighted by atomic mass is 10.2. The van der Waals surface area contributed by atoms with E-state index in [0.29, 0.717) is 4.68 Å². The van der Waals surface area contributed by atoms with Crippen LogP contribution in [0.25, 0.3) is 5.69 Å². The van der Waals surface area contributed by atoms with Gasteiger partial charge in [-0.1, -0.05) is 6.07 Å². The highest BCUT2D eigenvalue weighted by molar-refractivity contribution is 5.85. The molecule has 1 N–H and O–H groups in total. The van der Waals surface area contributed by atoms with Crippen LogP contribution in [0.4, 0.5) is 23.7 Å². The van der Waals surface area contributed by atoms with E-state index in [2.05, 4.69) is 10.4 Å². The fraction of sp³-hybridized carbons (Fsp3) is 0.312. The average Bonchev–Trinajstić information content (AvgIpc) is 2.89. The Bertz CT molecular complexity index is 829. The first kappa shape index (κ1) is 18.3. The van der Waals surface area contributed by atoms with Gasteiger partial charge >= 0.3 is 12.3 Å². The van der Waals surface area contributed by atoms with Gasteiger partial charge in [0, 0.05) is 0 Å². The fourth-order valence-electron chi connectivity index (χ4n) is 2.03. The Balaban J connectivity index is 2.45. The number of hydrogen-bond donors (Lipinski definition) is 1. The first-order chi connectivity index (χ1) is 11.5. The van der Waals surface area contributed by atoms with Crippen molar-refractivity contribution in [2.75, 3.05) is 5.32 Å². The van der Waals surface area contributed by atoms with E-state index in [1.165, 1.54) is 24.3 Å². The highest BCUT2D eigenvalue weighted by Gasteiger charge is 2.39. The zero-order valence-electron chi connectivity index (χ0n) is 13.7. The molecule has 25 heavy (non-hydrogen) atoms. The lowest BCUT2D eigenvalue weighted by Gasteiger charge is -2.20. The molecule has 0 aliphatic heterocycles. The van der Waals surface area contributed by atoms with Crippen LogP contribution in [0.15, 0.2) is 30.5 Å². The molecule has 1 amide bonds. The number of alkyl halides is 3. The summed E-state index contributed by atoms with van der Waals surface area (Å²) in [6.45, 7) is 4.77.